The Hall–Kier alpha value is -0.200. The predicted octanol–water partition coefficient (Wildman–Crippen LogP) is 1.83. The van der Waals surface area contributed by atoms with Crippen molar-refractivity contribution in [3.05, 3.63) is 35.9 Å². The van der Waals surface area contributed by atoms with E-state index < -0.39 is 24.3 Å². The van der Waals surface area contributed by atoms with E-state index in [9.17, 15) is 12.6 Å². The van der Waals surface area contributed by atoms with E-state index in [1.165, 1.54) is 6.26 Å². The lowest BCUT2D eigenvalue weighted by Crippen LogP contribution is -2.14. The topological polar surface area (TPSA) is 51.2 Å². The van der Waals surface area contributed by atoms with Crippen molar-refractivity contribution in [1.29, 1.82) is 0 Å². The summed E-state index contributed by atoms with van der Waals surface area (Å²) in [6.07, 6.45) is 1.49. The molecule has 0 heterocycles. The van der Waals surface area contributed by atoms with Gasteiger partial charge in [-0.3, -0.25) is 4.21 Å². The van der Waals surface area contributed by atoms with Crippen LogP contribution >= 0.6 is 14.8 Å². The van der Waals surface area contributed by atoms with Crippen molar-refractivity contribution >= 4 is 33.9 Å². The summed E-state index contributed by atoms with van der Waals surface area (Å²) in [4.78, 5) is 0. The molecule has 0 aromatic heterocycles. The van der Waals surface area contributed by atoms with Gasteiger partial charge in [0.2, 0.25) is 8.27 Å². The summed E-state index contributed by atoms with van der Waals surface area (Å²) in [5.74, 6) is 0.109. The van der Waals surface area contributed by atoms with Gasteiger partial charge >= 0.3 is 0 Å². The lowest BCUT2D eigenvalue weighted by molar-refractivity contribution is 0.602. The Morgan fingerprint density at radius 1 is 1.33 bits per heavy atom. The van der Waals surface area contributed by atoms with Crippen LogP contribution in [-0.2, 0) is 19.1 Å². The summed E-state index contributed by atoms with van der Waals surface area (Å²) in [6, 6.07) is 8.77. The van der Waals surface area contributed by atoms with Gasteiger partial charge in [-0.25, -0.2) is 8.42 Å². The van der Waals surface area contributed by atoms with Crippen LogP contribution in [0.2, 0.25) is 0 Å². The van der Waals surface area contributed by atoms with Crippen molar-refractivity contribution in [3.8, 4) is 0 Å². The van der Waals surface area contributed by atoms with Gasteiger partial charge in [0.25, 0.3) is 0 Å². The standard InChI is InChI=1S/C9H11BrO3S2/c1-14(11)7-9(15(10,12)13)8-5-3-2-4-6-8/h2-6,9H,7H2,1H3. The SMILES string of the molecule is CS(=O)CC(c1ccccc1)S(=O)(=O)Br. The molecule has 2 unspecified atom stereocenters. The summed E-state index contributed by atoms with van der Waals surface area (Å²) in [5.41, 5.74) is 0.657. The molecule has 0 saturated carbocycles. The van der Waals surface area contributed by atoms with E-state index in [0.717, 1.165) is 0 Å². The van der Waals surface area contributed by atoms with Crippen molar-refractivity contribution in [3.63, 3.8) is 0 Å². The second-order valence-electron chi connectivity index (χ2n) is 3.11. The molecule has 0 amide bonds. The van der Waals surface area contributed by atoms with Crippen molar-refractivity contribution in [2.75, 3.05) is 12.0 Å². The van der Waals surface area contributed by atoms with Crippen molar-refractivity contribution in [2.24, 2.45) is 0 Å². The molecular formula is C9H11BrO3S2. The highest BCUT2D eigenvalue weighted by molar-refractivity contribution is 9.47. The van der Waals surface area contributed by atoms with Crippen molar-refractivity contribution in [1.82, 2.24) is 0 Å². The molecule has 0 aliphatic heterocycles. The number of hydrogen-bond donors (Lipinski definition) is 0. The second-order valence-corrected chi connectivity index (χ2v) is 8.82. The first-order valence-electron chi connectivity index (χ1n) is 4.19. The molecule has 1 rings (SSSR count). The van der Waals surface area contributed by atoms with Crippen LogP contribution in [-0.4, -0.2) is 24.6 Å². The molecule has 0 bridgehead atoms. The largest absolute Gasteiger partial charge is 0.260 e. The maximum absolute atomic E-state index is 11.4. The minimum Gasteiger partial charge on any atom is -0.260 e. The van der Waals surface area contributed by atoms with Crippen LogP contribution < -0.4 is 0 Å². The Morgan fingerprint density at radius 3 is 2.27 bits per heavy atom. The Labute approximate surface area is 99.5 Å². The van der Waals surface area contributed by atoms with E-state index in [4.69, 9.17) is 0 Å². The number of rotatable bonds is 4. The van der Waals surface area contributed by atoms with Crippen LogP contribution in [0.1, 0.15) is 10.8 Å². The van der Waals surface area contributed by atoms with Crippen LogP contribution in [0.15, 0.2) is 30.3 Å². The highest BCUT2D eigenvalue weighted by atomic mass is 79.9. The molecule has 0 fully saturated rings. The minimum atomic E-state index is -3.39. The lowest BCUT2D eigenvalue weighted by atomic mass is 10.2. The molecule has 3 nitrogen and oxygen atoms in total. The molecule has 15 heavy (non-hydrogen) atoms. The molecule has 1 aromatic carbocycles. The lowest BCUT2D eigenvalue weighted by Gasteiger charge is -2.12. The Kier molecular flexibility index (Phi) is 4.48. The maximum Gasteiger partial charge on any atom is 0.217 e. The molecule has 84 valence electrons. The molecule has 0 aliphatic rings. The third-order valence-corrected chi connectivity index (χ3v) is 5.38. The predicted molar refractivity (Wildman–Crippen MR) is 66.0 cm³/mol. The summed E-state index contributed by atoms with van der Waals surface area (Å²) < 4.78 is 34.0. The zero-order chi connectivity index (χ0) is 11.5. The normalized spacial score (nSPS) is 15.9. The van der Waals surface area contributed by atoms with Crippen LogP contribution in [0.5, 0.6) is 0 Å². The van der Waals surface area contributed by atoms with Crippen molar-refractivity contribution < 1.29 is 12.6 Å². The highest BCUT2D eigenvalue weighted by Crippen LogP contribution is 2.27. The number of hydrogen-bond acceptors (Lipinski definition) is 3. The van der Waals surface area contributed by atoms with Gasteiger partial charge in [-0.05, 0) is 5.56 Å². The summed E-state index contributed by atoms with van der Waals surface area (Å²) in [5, 5.41) is -0.746. The number of halogens is 1. The van der Waals surface area contributed by atoms with Gasteiger partial charge < -0.3 is 0 Å². The van der Waals surface area contributed by atoms with E-state index in [-0.39, 0.29) is 5.75 Å². The average molecular weight is 311 g/mol. The summed E-state index contributed by atoms with van der Waals surface area (Å²) in [7, 11) is -4.55. The molecule has 1 aromatic rings. The Morgan fingerprint density at radius 2 is 1.87 bits per heavy atom. The van der Waals surface area contributed by atoms with Crippen LogP contribution in [0, 0.1) is 0 Å². The van der Waals surface area contributed by atoms with Gasteiger partial charge in [-0.1, -0.05) is 30.3 Å². The van der Waals surface area contributed by atoms with Crippen LogP contribution in [0.3, 0.4) is 0 Å². The second kappa shape index (κ2) is 5.23. The Bertz CT molecular complexity index is 442. The third-order valence-electron chi connectivity index (χ3n) is 1.90. The van der Waals surface area contributed by atoms with E-state index in [0.29, 0.717) is 5.56 Å². The smallest absolute Gasteiger partial charge is 0.217 e. The fourth-order valence-corrected chi connectivity index (χ4v) is 5.17. The van der Waals surface area contributed by atoms with E-state index in [1.54, 1.807) is 24.3 Å². The summed E-state index contributed by atoms with van der Waals surface area (Å²) >= 11 is 2.65. The average Bonchev–Trinajstić information content (AvgIpc) is 2.14. The van der Waals surface area contributed by atoms with Crippen LogP contribution in [0.4, 0.5) is 0 Å². The van der Waals surface area contributed by atoms with E-state index in [2.05, 4.69) is 14.8 Å². The highest BCUT2D eigenvalue weighted by Gasteiger charge is 2.25. The molecule has 0 saturated heterocycles. The Balaban J connectivity index is 3.08. The first kappa shape index (κ1) is 12.9. The van der Waals surface area contributed by atoms with Gasteiger partial charge in [0, 0.05) is 22.8 Å². The molecule has 0 radical (unpaired) electrons. The fourth-order valence-electron chi connectivity index (χ4n) is 1.22. The zero-order valence-electron chi connectivity index (χ0n) is 8.09. The van der Waals surface area contributed by atoms with Gasteiger partial charge in [-0.2, -0.15) is 0 Å². The molecule has 2 atom stereocenters. The molecule has 0 aliphatic carbocycles. The monoisotopic (exact) mass is 310 g/mol. The fraction of sp³-hybridized carbons (Fsp3) is 0.333. The van der Waals surface area contributed by atoms with E-state index in [1.807, 2.05) is 6.07 Å². The molecule has 6 heteroatoms. The first-order valence-corrected chi connectivity index (χ1v) is 9.31. The van der Waals surface area contributed by atoms with Gasteiger partial charge in [0.15, 0.2) is 0 Å². The summed E-state index contributed by atoms with van der Waals surface area (Å²) in [6.45, 7) is 0. The zero-order valence-corrected chi connectivity index (χ0v) is 11.3. The van der Waals surface area contributed by atoms with E-state index >= 15 is 0 Å². The third kappa shape index (κ3) is 4.04. The first-order chi connectivity index (χ1) is 6.91. The van der Waals surface area contributed by atoms with Gasteiger partial charge in [0.1, 0.15) is 5.25 Å². The molecule has 0 spiro atoms. The van der Waals surface area contributed by atoms with Gasteiger partial charge in [-0.15, -0.1) is 0 Å². The maximum atomic E-state index is 11.4. The van der Waals surface area contributed by atoms with Gasteiger partial charge in [0.05, 0.1) is 14.8 Å². The minimum absolute atomic E-state index is 0.109. The molecular weight excluding hydrogens is 300 g/mol. The quantitative estimate of drug-likeness (QED) is 0.797. The van der Waals surface area contributed by atoms with Crippen LogP contribution in [0.25, 0.3) is 0 Å². The molecule has 0 N–H and O–H groups in total. The number of benzene rings is 1. The van der Waals surface area contributed by atoms with Crippen molar-refractivity contribution in [2.45, 2.75) is 5.25 Å².